The minimum atomic E-state index is -0.555. The topological polar surface area (TPSA) is 93.6 Å². The lowest BCUT2D eigenvalue weighted by atomic mass is 9.91. The normalized spacial score (nSPS) is 19.6. The molecule has 0 radical (unpaired) electrons. The SMILES string of the molecule is C[C@@H]1[C@H](CSc2ccccn2)O[C@H](c2ccc(-c3ccccc3CNC(=O)c3cccnc3)cc2)O[C@@H]1c1ccc(CO)cc1. The fourth-order valence-electron chi connectivity index (χ4n) is 5.46. The zero-order valence-corrected chi connectivity index (χ0v) is 25.8. The van der Waals surface area contributed by atoms with Gasteiger partial charge in [-0.1, -0.05) is 85.8 Å². The van der Waals surface area contributed by atoms with E-state index in [-0.39, 0.29) is 30.6 Å². The number of ether oxygens (including phenoxy) is 2. The predicted octanol–water partition coefficient (Wildman–Crippen LogP) is 7.15. The molecular weight excluding hydrogens is 582 g/mol. The first kappa shape index (κ1) is 30.7. The van der Waals surface area contributed by atoms with E-state index in [1.165, 1.54) is 0 Å². The monoisotopic (exact) mass is 617 g/mol. The first-order chi connectivity index (χ1) is 22.1. The third-order valence-electron chi connectivity index (χ3n) is 8.03. The molecule has 3 aromatic carbocycles. The van der Waals surface area contributed by atoms with Crippen molar-refractivity contribution in [3.05, 3.63) is 150 Å². The molecule has 7 nitrogen and oxygen atoms in total. The summed E-state index contributed by atoms with van der Waals surface area (Å²) in [5.74, 6) is 0.662. The van der Waals surface area contributed by atoms with E-state index in [4.69, 9.17) is 9.47 Å². The van der Waals surface area contributed by atoms with Crippen molar-refractivity contribution >= 4 is 17.7 Å². The largest absolute Gasteiger partial charge is 0.392 e. The van der Waals surface area contributed by atoms with Gasteiger partial charge >= 0.3 is 0 Å². The molecular formula is C37H35N3O4S. The summed E-state index contributed by atoms with van der Waals surface area (Å²) >= 11 is 1.68. The standard InChI is InChI=1S/C37H35N3O4S/c1-25-33(24-45-34-10-4-5-20-39-34)43-37(44-35(25)28-13-11-26(23-41)12-14-28)29-17-15-27(16-18-29)32-9-3-2-7-30(32)22-40-36(42)31-8-6-19-38-21-31/h2-21,25,33,35,37,41H,22-24H2,1H3,(H,40,42)/t25-,33+,35+,37+/m1/s1. The molecule has 228 valence electrons. The molecule has 8 heteroatoms. The highest BCUT2D eigenvalue weighted by molar-refractivity contribution is 7.99. The van der Waals surface area contributed by atoms with Crippen LogP contribution in [0.25, 0.3) is 11.1 Å². The molecule has 1 aliphatic rings. The molecule has 1 amide bonds. The Labute approximate surface area is 267 Å². The number of carbonyl (C=O) groups excluding carboxylic acids is 1. The van der Waals surface area contributed by atoms with Gasteiger partial charge in [-0.15, -0.1) is 11.8 Å². The number of hydrogen-bond donors (Lipinski definition) is 2. The predicted molar refractivity (Wildman–Crippen MR) is 175 cm³/mol. The summed E-state index contributed by atoms with van der Waals surface area (Å²) in [6.45, 7) is 2.56. The molecule has 1 aliphatic heterocycles. The second-order valence-corrected chi connectivity index (χ2v) is 12.0. The van der Waals surface area contributed by atoms with Crippen molar-refractivity contribution in [1.82, 2.24) is 15.3 Å². The van der Waals surface area contributed by atoms with Crippen molar-refractivity contribution in [2.24, 2.45) is 5.92 Å². The summed E-state index contributed by atoms with van der Waals surface area (Å²) < 4.78 is 13.3. The maximum Gasteiger partial charge on any atom is 0.253 e. The number of thioether (sulfide) groups is 1. The van der Waals surface area contributed by atoms with E-state index in [9.17, 15) is 9.90 Å². The Balaban J connectivity index is 1.21. The average molecular weight is 618 g/mol. The number of nitrogens with zero attached hydrogens (tertiary/aromatic N) is 2. The smallest absolute Gasteiger partial charge is 0.253 e. The molecule has 2 aromatic heterocycles. The maximum atomic E-state index is 12.6. The average Bonchev–Trinajstić information content (AvgIpc) is 3.11. The van der Waals surface area contributed by atoms with Gasteiger partial charge < -0.3 is 19.9 Å². The number of hydrogen-bond acceptors (Lipinski definition) is 7. The van der Waals surface area contributed by atoms with Crippen molar-refractivity contribution < 1.29 is 19.4 Å². The molecule has 5 aromatic rings. The summed E-state index contributed by atoms with van der Waals surface area (Å²) in [4.78, 5) is 21.1. The molecule has 2 N–H and O–H groups in total. The second kappa shape index (κ2) is 14.6. The molecule has 45 heavy (non-hydrogen) atoms. The van der Waals surface area contributed by atoms with Crippen LogP contribution in [0, 0.1) is 5.92 Å². The van der Waals surface area contributed by atoms with Crippen LogP contribution < -0.4 is 5.32 Å². The van der Waals surface area contributed by atoms with Gasteiger partial charge in [0.25, 0.3) is 5.91 Å². The van der Waals surface area contributed by atoms with Crippen LogP contribution in [-0.2, 0) is 22.6 Å². The van der Waals surface area contributed by atoms with Gasteiger partial charge in [-0.05, 0) is 52.1 Å². The molecule has 0 bridgehead atoms. The number of carbonyl (C=O) groups is 1. The Morgan fingerprint density at radius 1 is 0.867 bits per heavy atom. The number of benzene rings is 3. The first-order valence-electron chi connectivity index (χ1n) is 15.0. The quantitative estimate of drug-likeness (QED) is 0.161. The van der Waals surface area contributed by atoms with Crippen molar-refractivity contribution in [3.63, 3.8) is 0 Å². The molecule has 4 atom stereocenters. The number of rotatable bonds is 10. The lowest BCUT2D eigenvalue weighted by molar-refractivity contribution is -0.268. The number of amides is 1. The van der Waals surface area contributed by atoms with Crippen LogP contribution in [0.15, 0.2) is 127 Å². The van der Waals surface area contributed by atoms with Gasteiger partial charge in [-0.2, -0.15) is 0 Å². The van der Waals surface area contributed by atoms with E-state index in [0.717, 1.165) is 44.2 Å². The second-order valence-electron chi connectivity index (χ2n) is 11.0. The van der Waals surface area contributed by atoms with Gasteiger partial charge in [0.05, 0.1) is 29.4 Å². The van der Waals surface area contributed by atoms with E-state index < -0.39 is 6.29 Å². The Bertz CT molecular complexity index is 1690. The number of pyridine rings is 2. The Morgan fingerprint density at radius 2 is 1.64 bits per heavy atom. The van der Waals surface area contributed by atoms with E-state index in [2.05, 4.69) is 52.5 Å². The van der Waals surface area contributed by atoms with E-state index in [1.807, 2.05) is 60.7 Å². The highest BCUT2D eigenvalue weighted by Crippen LogP contribution is 2.43. The van der Waals surface area contributed by atoms with Gasteiger partial charge in [0.1, 0.15) is 0 Å². The van der Waals surface area contributed by atoms with Crippen LogP contribution in [0.4, 0.5) is 0 Å². The molecule has 1 saturated heterocycles. The summed E-state index contributed by atoms with van der Waals surface area (Å²) in [7, 11) is 0. The van der Waals surface area contributed by atoms with Gasteiger partial charge in [0, 0.05) is 42.4 Å². The summed E-state index contributed by atoms with van der Waals surface area (Å²) in [6, 6.07) is 33.7. The minimum Gasteiger partial charge on any atom is -0.392 e. The summed E-state index contributed by atoms with van der Waals surface area (Å²) in [5, 5.41) is 13.5. The van der Waals surface area contributed by atoms with Crippen LogP contribution in [0.1, 0.15) is 51.9 Å². The van der Waals surface area contributed by atoms with Crippen LogP contribution in [0.5, 0.6) is 0 Å². The summed E-state index contributed by atoms with van der Waals surface area (Å²) in [6.07, 6.45) is 4.19. The molecule has 1 fully saturated rings. The van der Waals surface area contributed by atoms with Gasteiger partial charge in [0.15, 0.2) is 6.29 Å². The minimum absolute atomic E-state index is 0.00277. The number of nitrogens with one attached hydrogen (secondary N) is 1. The van der Waals surface area contributed by atoms with Crippen LogP contribution in [-0.4, -0.2) is 32.8 Å². The third kappa shape index (κ3) is 7.49. The number of aliphatic hydroxyl groups is 1. The van der Waals surface area contributed by atoms with Crippen LogP contribution in [0.3, 0.4) is 0 Å². The fourth-order valence-corrected chi connectivity index (χ4v) is 6.49. The lowest BCUT2D eigenvalue weighted by Gasteiger charge is -2.41. The fraction of sp³-hybridized carbons (Fsp3) is 0.216. The third-order valence-corrected chi connectivity index (χ3v) is 9.06. The highest BCUT2D eigenvalue weighted by atomic mass is 32.2. The van der Waals surface area contributed by atoms with Crippen LogP contribution >= 0.6 is 11.8 Å². The molecule has 0 unspecified atom stereocenters. The first-order valence-corrected chi connectivity index (χ1v) is 16.0. The van der Waals surface area contributed by atoms with Crippen molar-refractivity contribution in [1.29, 1.82) is 0 Å². The van der Waals surface area contributed by atoms with E-state index in [0.29, 0.717) is 12.1 Å². The zero-order chi connectivity index (χ0) is 31.0. The van der Waals surface area contributed by atoms with E-state index >= 15 is 0 Å². The van der Waals surface area contributed by atoms with Gasteiger partial charge in [0.2, 0.25) is 0 Å². The van der Waals surface area contributed by atoms with Crippen molar-refractivity contribution in [3.8, 4) is 11.1 Å². The van der Waals surface area contributed by atoms with Crippen molar-refractivity contribution in [2.45, 2.75) is 43.6 Å². The Kier molecular flexibility index (Phi) is 9.97. The highest BCUT2D eigenvalue weighted by Gasteiger charge is 2.38. The molecule has 0 aliphatic carbocycles. The number of aromatic nitrogens is 2. The van der Waals surface area contributed by atoms with Gasteiger partial charge in [-0.3, -0.25) is 9.78 Å². The Morgan fingerprint density at radius 3 is 2.38 bits per heavy atom. The van der Waals surface area contributed by atoms with Crippen molar-refractivity contribution in [2.75, 3.05) is 5.75 Å². The van der Waals surface area contributed by atoms with Crippen LogP contribution in [0.2, 0.25) is 0 Å². The number of aliphatic hydroxyl groups excluding tert-OH is 1. The lowest BCUT2D eigenvalue weighted by Crippen LogP contribution is -2.38. The molecule has 0 spiro atoms. The van der Waals surface area contributed by atoms with E-state index in [1.54, 1.807) is 42.5 Å². The molecule has 3 heterocycles. The van der Waals surface area contributed by atoms with Gasteiger partial charge in [-0.25, -0.2) is 4.98 Å². The Hall–Kier alpha value is -4.34. The molecule has 0 saturated carbocycles. The summed E-state index contributed by atoms with van der Waals surface area (Å²) in [5.41, 5.74) is 6.47. The maximum absolute atomic E-state index is 12.6. The zero-order valence-electron chi connectivity index (χ0n) is 25.0. The molecule has 6 rings (SSSR count).